The summed E-state index contributed by atoms with van der Waals surface area (Å²) in [6.45, 7) is 3.90. The number of carbonyl (C=O) groups excluding carboxylic acids is 2. The van der Waals surface area contributed by atoms with E-state index in [0.29, 0.717) is 29.9 Å². The van der Waals surface area contributed by atoms with E-state index in [4.69, 9.17) is 5.73 Å². The van der Waals surface area contributed by atoms with Gasteiger partial charge in [-0.1, -0.05) is 36.4 Å². The van der Waals surface area contributed by atoms with Crippen molar-refractivity contribution in [2.24, 2.45) is 17.6 Å². The Morgan fingerprint density at radius 2 is 1.73 bits per heavy atom. The number of nitrogens with zero attached hydrogens (tertiary/aromatic N) is 4. The van der Waals surface area contributed by atoms with Gasteiger partial charge in [-0.2, -0.15) is 0 Å². The van der Waals surface area contributed by atoms with E-state index in [9.17, 15) is 9.59 Å². The molecule has 2 amide bonds. The Balaban J connectivity index is 1.27. The van der Waals surface area contributed by atoms with E-state index in [-0.39, 0.29) is 11.9 Å². The summed E-state index contributed by atoms with van der Waals surface area (Å²) in [5.41, 5.74) is 6.70. The second-order valence-corrected chi connectivity index (χ2v) is 8.19. The summed E-state index contributed by atoms with van der Waals surface area (Å²) >= 11 is 0. The summed E-state index contributed by atoms with van der Waals surface area (Å²) < 4.78 is 0. The highest BCUT2D eigenvalue weighted by molar-refractivity contribution is 5.92. The number of hydrogen-bond acceptors (Lipinski definition) is 5. The maximum atomic E-state index is 12.4. The van der Waals surface area contributed by atoms with Gasteiger partial charge in [-0.25, -0.2) is 9.97 Å². The number of nitrogens with two attached hydrogens (primary N) is 1. The standard InChI is InChI=1S/C23H23N5O2/c1-14(29)28(11-15-6-7-16-4-2-3-5-17(16)8-15)21-19-12-27(13-20(19)21)23-25-9-18(10-26-23)22(24)30/h2-10,19-21H,11-13H2,1H3,(H2,24,30). The molecule has 2 fully saturated rings. The Hall–Kier alpha value is -3.48. The van der Waals surface area contributed by atoms with E-state index in [1.807, 2.05) is 17.0 Å². The SMILES string of the molecule is CC(=O)N(Cc1ccc2ccccc2c1)C1C2CN(c3ncc(C(N)=O)cn3)CC21. The second-order valence-electron chi connectivity index (χ2n) is 8.19. The lowest BCUT2D eigenvalue weighted by molar-refractivity contribution is -0.130. The third kappa shape index (κ3) is 3.26. The quantitative estimate of drug-likeness (QED) is 0.708. The summed E-state index contributed by atoms with van der Waals surface area (Å²) in [6, 6.07) is 14.9. The Morgan fingerprint density at radius 1 is 1.07 bits per heavy atom. The molecule has 2 aromatic carbocycles. The number of hydrogen-bond donors (Lipinski definition) is 1. The second kappa shape index (κ2) is 7.09. The zero-order valence-electron chi connectivity index (χ0n) is 16.7. The minimum Gasteiger partial charge on any atom is -0.366 e. The van der Waals surface area contributed by atoms with Gasteiger partial charge in [0.2, 0.25) is 11.9 Å². The smallest absolute Gasteiger partial charge is 0.251 e. The van der Waals surface area contributed by atoms with Gasteiger partial charge in [0.05, 0.1) is 5.56 Å². The van der Waals surface area contributed by atoms with Crippen LogP contribution in [0.2, 0.25) is 0 Å². The third-order valence-electron chi connectivity index (χ3n) is 6.29. The normalized spacial score (nSPS) is 22.0. The van der Waals surface area contributed by atoms with Crippen molar-refractivity contribution < 1.29 is 9.59 Å². The number of anilines is 1. The molecule has 0 radical (unpaired) electrons. The first-order valence-electron chi connectivity index (χ1n) is 10.1. The maximum absolute atomic E-state index is 12.4. The topological polar surface area (TPSA) is 92.4 Å². The molecule has 1 aromatic heterocycles. The number of benzene rings is 2. The fourth-order valence-corrected chi connectivity index (χ4v) is 4.69. The lowest BCUT2D eigenvalue weighted by Gasteiger charge is -2.27. The molecular formula is C23H23N5O2. The molecule has 152 valence electrons. The van der Waals surface area contributed by atoms with Crippen LogP contribution < -0.4 is 10.6 Å². The number of rotatable bonds is 5. The molecule has 5 rings (SSSR count). The fraction of sp³-hybridized carbons (Fsp3) is 0.304. The third-order valence-corrected chi connectivity index (χ3v) is 6.29. The van der Waals surface area contributed by atoms with Crippen LogP contribution in [-0.4, -0.2) is 45.8 Å². The van der Waals surface area contributed by atoms with Gasteiger partial charge in [0.1, 0.15) is 0 Å². The molecule has 7 heteroatoms. The van der Waals surface area contributed by atoms with Crippen molar-refractivity contribution in [1.82, 2.24) is 14.9 Å². The predicted molar refractivity (Wildman–Crippen MR) is 114 cm³/mol. The van der Waals surface area contributed by atoms with E-state index in [2.05, 4.69) is 45.2 Å². The summed E-state index contributed by atoms with van der Waals surface area (Å²) in [4.78, 5) is 36.3. The van der Waals surface area contributed by atoms with Crippen molar-refractivity contribution in [2.45, 2.75) is 19.5 Å². The molecule has 1 aliphatic heterocycles. The highest BCUT2D eigenvalue weighted by Crippen LogP contribution is 2.50. The van der Waals surface area contributed by atoms with Crippen LogP contribution in [0.1, 0.15) is 22.8 Å². The molecule has 0 bridgehead atoms. The van der Waals surface area contributed by atoms with E-state index in [1.165, 1.54) is 23.2 Å². The van der Waals surface area contributed by atoms with Crippen molar-refractivity contribution >= 4 is 28.5 Å². The summed E-state index contributed by atoms with van der Waals surface area (Å²) in [6.07, 6.45) is 2.93. The first-order chi connectivity index (χ1) is 14.5. The Kier molecular flexibility index (Phi) is 4.38. The van der Waals surface area contributed by atoms with Gasteiger partial charge in [-0.15, -0.1) is 0 Å². The van der Waals surface area contributed by atoms with Crippen LogP contribution in [-0.2, 0) is 11.3 Å². The molecule has 1 saturated heterocycles. The largest absolute Gasteiger partial charge is 0.366 e. The molecule has 2 unspecified atom stereocenters. The predicted octanol–water partition coefficient (Wildman–Crippen LogP) is 2.21. The number of piperidine rings is 1. The van der Waals surface area contributed by atoms with Gasteiger partial charge in [0.15, 0.2) is 0 Å². The highest BCUT2D eigenvalue weighted by Gasteiger charge is 2.59. The molecule has 2 N–H and O–H groups in total. The number of carbonyl (C=O) groups is 2. The van der Waals surface area contributed by atoms with Crippen LogP contribution in [0.15, 0.2) is 54.9 Å². The van der Waals surface area contributed by atoms with Crippen molar-refractivity contribution in [2.75, 3.05) is 18.0 Å². The first-order valence-corrected chi connectivity index (χ1v) is 10.1. The number of amides is 2. The molecular weight excluding hydrogens is 378 g/mol. The molecule has 2 aliphatic rings. The highest BCUT2D eigenvalue weighted by atomic mass is 16.2. The molecule has 3 aromatic rings. The van der Waals surface area contributed by atoms with Gasteiger partial charge < -0.3 is 15.5 Å². The Bertz CT molecular complexity index is 1120. The molecule has 0 spiro atoms. The Labute approximate surface area is 174 Å². The molecule has 1 aliphatic carbocycles. The summed E-state index contributed by atoms with van der Waals surface area (Å²) in [7, 11) is 0. The molecule has 1 saturated carbocycles. The lowest BCUT2D eigenvalue weighted by atomic mass is 10.1. The maximum Gasteiger partial charge on any atom is 0.251 e. The molecule has 7 nitrogen and oxygen atoms in total. The van der Waals surface area contributed by atoms with Crippen molar-refractivity contribution in [1.29, 1.82) is 0 Å². The zero-order valence-corrected chi connectivity index (χ0v) is 16.7. The summed E-state index contributed by atoms with van der Waals surface area (Å²) in [5, 5.41) is 2.40. The fourth-order valence-electron chi connectivity index (χ4n) is 4.69. The van der Waals surface area contributed by atoms with E-state index in [1.54, 1.807) is 6.92 Å². The zero-order chi connectivity index (χ0) is 20.8. The Morgan fingerprint density at radius 3 is 2.37 bits per heavy atom. The summed E-state index contributed by atoms with van der Waals surface area (Å²) in [5.74, 6) is 1.03. The average Bonchev–Trinajstić information content (AvgIpc) is 3.22. The van der Waals surface area contributed by atoms with Gasteiger partial charge in [0.25, 0.3) is 5.91 Å². The van der Waals surface area contributed by atoms with Crippen LogP contribution in [0.4, 0.5) is 5.95 Å². The number of aromatic nitrogens is 2. The number of primary amides is 1. The number of fused-ring (bicyclic) bond motifs is 2. The van der Waals surface area contributed by atoms with E-state index >= 15 is 0 Å². The van der Waals surface area contributed by atoms with Gasteiger partial charge >= 0.3 is 0 Å². The van der Waals surface area contributed by atoms with Crippen LogP contribution in [0.3, 0.4) is 0 Å². The van der Waals surface area contributed by atoms with Crippen molar-refractivity contribution in [3.63, 3.8) is 0 Å². The van der Waals surface area contributed by atoms with Crippen LogP contribution in [0.25, 0.3) is 10.8 Å². The van der Waals surface area contributed by atoms with Crippen LogP contribution >= 0.6 is 0 Å². The monoisotopic (exact) mass is 401 g/mol. The lowest BCUT2D eigenvalue weighted by Crippen LogP contribution is -2.37. The minimum atomic E-state index is -0.531. The molecule has 30 heavy (non-hydrogen) atoms. The van der Waals surface area contributed by atoms with E-state index in [0.717, 1.165) is 18.7 Å². The van der Waals surface area contributed by atoms with E-state index < -0.39 is 5.91 Å². The van der Waals surface area contributed by atoms with Crippen molar-refractivity contribution in [3.05, 3.63) is 66.0 Å². The molecule has 2 heterocycles. The van der Waals surface area contributed by atoms with Crippen LogP contribution in [0.5, 0.6) is 0 Å². The van der Waals surface area contributed by atoms with Gasteiger partial charge in [-0.3, -0.25) is 9.59 Å². The van der Waals surface area contributed by atoms with Crippen LogP contribution in [0, 0.1) is 11.8 Å². The molecule has 2 atom stereocenters. The average molecular weight is 401 g/mol. The first kappa shape index (κ1) is 18.5. The van der Waals surface area contributed by atoms with Crippen molar-refractivity contribution in [3.8, 4) is 0 Å². The van der Waals surface area contributed by atoms with Gasteiger partial charge in [0, 0.05) is 56.8 Å². The minimum absolute atomic E-state index is 0.108. The van der Waals surface area contributed by atoms with Gasteiger partial charge in [-0.05, 0) is 22.4 Å².